The van der Waals surface area contributed by atoms with Gasteiger partial charge in [0.25, 0.3) is 5.56 Å². The van der Waals surface area contributed by atoms with Crippen LogP contribution in [0.4, 0.5) is 5.69 Å². The Balaban J connectivity index is 2.11. The van der Waals surface area contributed by atoms with Gasteiger partial charge >= 0.3 is 5.97 Å². The van der Waals surface area contributed by atoms with Crippen LogP contribution in [0.1, 0.15) is 43.5 Å². The fourth-order valence-electron chi connectivity index (χ4n) is 4.50. The largest absolute Gasteiger partial charge is 0.462 e. The first-order valence-corrected chi connectivity index (χ1v) is 10.4. The maximum Gasteiger partial charge on any atom is 0.341 e. The van der Waals surface area contributed by atoms with Crippen LogP contribution < -0.4 is 20.9 Å². The minimum atomic E-state index is -1.74. The van der Waals surface area contributed by atoms with Crippen LogP contribution in [-0.2, 0) is 19.7 Å². The Morgan fingerprint density at radius 3 is 2.71 bits per heavy atom. The highest BCUT2D eigenvalue weighted by Crippen LogP contribution is 2.54. The number of aromatic amines is 1. The second kappa shape index (κ2) is 7.61. The molecule has 3 heterocycles. The molecule has 1 aromatic heterocycles. The molecule has 1 aromatic carbocycles. The molecule has 0 bridgehead atoms. The molecule has 2 aromatic rings. The van der Waals surface area contributed by atoms with Gasteiger partial charge in [0.15, 0.2) is 0 Å². The number of H-pyrrole nitrogens is 1. The second-order valence-electron chi connectivity index (χ2n) is 7.66. The Kier molecular flexibility index (Phi) is 5.08. The number of benzene rings is 1. The average Bonchev–Trinajstić information content (AvgIpc) is 2.95. The van der Waals surface area contributed by atoms with Crippen LogP contribution in [0, 0.1) is 6.92 Å². The van der Waals surface area contributed by atoms with Crippen LogP contribution >= 0.6 is 0 Å². The summed E-state index contributed by atoms with van der Waals surface area (Å²) in [6, 6.07) is 8.76. The smallest absolute Gasteiger partial charge is 0.341 e. The molecular weight excluding hydrogens is 398 g/mol. The van der Waals surface area contributed by atoms with Crippen molar-refractivity contribution in [3.05, 3.63) is 69.0 Å². The number of anilines is 1. The van der Waals surface area contributed by atoms with E-state index in [-0.39, 0.29) is 29.4 Å². The Hall–Kier alpha value is -3.55. The number of ether oxygens (including phenoxy) is 2. The molecule has 0 fully saturated rings. The van der Waals surface area contributed by atoms with Gasteiger partial charge in [-0.05, 0) is 26.3 Å². The van der Waals surface area contributed by atoms with Gasteiger partial charge in [-0.1, -0.05) is 31.5 Å². The molecule has 31 heavy (non-hydrogen) atoms. The van der Waals surface area contributed by atoms with E-state index >= 15 is 0 Å². The highest BCUT2D eigenvalue weighted by molar-refractivity contribution is 6.18. The quantitative estimate of drug-likeness (QED) is 0.713. The van der Waals surface area contributed by atoms with Gasteiger partial charge in [-0.2, -0.15) is 0 Å². The number of aromatic nitrogens is 1. The van der Waals surface area contributed by atoms with Gasteiger partial charge in [-0.25, -0.2) is 4.79 Å². The first kappa shape index (κ1) is 20.7. The SMILES string of the molecule is CCCCN1C(=O)C2(C(C(=O)OCC)=C(N)Oc3cc(C)[nH]c(=O)c32)c2ccccc21. The number of hydrogen-bond donors (Lipinski definition) is 2. The number of unbranched alkanes of at least 4 members (excludes halogenated alkanes) is 1. The van der Waals surface area contributed by atoms with Crippen molar-refractivity contribution < 1.29 is 19.1 Å². The fourth-order valence-corrected chi connectivity index (χ4v) is 4.50. The Bertz CT molecular complexity index is 1170. The van der Waals surface area contributed by atoms with Crippen molar-refractivity contribution in [2.24, 2.45) is 5.73 Å². The zero-order valence-electron chi connectivity index (χ0n) is 17.8. The minimum Gasteiger partial charge on any atom is -0.462 e. The van der Waals surface area contributed by atoms with E-state index in [0.29, 0.717) is 23.5 Å². The van der Waals surface area contributed by atoms with Crippen LogP contribution in [0.2, 0.25) is 0 Å². The third-order valence-corrected chi connectivity index (χ3v) is 5.73. The maximum atomic E-state index is 14.1. The van der Waals surface area contributed by atoms with E-state index in [9.17, 15) is 14.4 Å². The first-order valence-electron chi connectivity index (χ1n) is 10.4. The van der Waals surface area contributed by atoms with Crippen LogP contribution in [0.15, 0.2) is 46.6 Å². The average molecular weight is 423 g/mol. The van der Waals surface area contributed by atoms with E-state index in [0.717, 1.165) is 12.8 Å². The number of nitrogens with two attached hydrogens (primary N) is 1. The maximum absolute atomic E-state index is 14.1. The molecule has 162 valence electrons. The van der Waals surface area contributed by atoms with Crippen molar-refractivity contribution in [2.45, 2.75) is 39.0 Å². The number of amides is 1. The molecule has 1 atom stereocenters. The Morgan fingerprint density at radius 2 is 2.00 bits per heavy atom. The van der Waals surface area contributed by atoms with E-state index in [1.54, 1.807) is 36.9 Å². The van der Waals surface area contributed by atoms with E-state index in [1.165, 1.54) is 0 Å². The normalized spacial score (nSPS) is 19.3. The number of carbonyl (C=O) groups excluding carboxylic acids is 2. The first-order chi connectivity index (χ1) is 14.9. The number of nitrogens with zero attached hydrogens (tertiary/aromatic N) is 1. The molecule has 4 rings (SSSR count). The molecule has 0 radical (unpaired) electrons. The van der Waals surface area contributed by atoms with Crippen molar-refractivity contribution in [1.29, 1.82) is 0 Å². The molecule has 2 aliphatic heterocycles. The van der Waals surface area contributed by atoms with Crippen LogP contribution in [0.5, 0.6) is 5.75 Å². The molecule has 1 spiro atoms. The lowest BCUT2D eigenvalue weighted by atomic mass is 9.68. The second-order valence-corrected chi connectivity index (χ2v) is 7.66. The molecule has 8 nitrogen and oxygen atoms in total. The highest BCUT2D eigenvalue weighted by atomic mass is 16.5. The predicted molar refractivity (Wildman–Crippen MR) is 115 cm³/mol. The monoisotopic (exact) mass is 423 g/mol. The predicted octanol–water partition coefficient (Wildman–Crippen LogP) is 2.24. The number of hydrogen-bond acceptors (Lipinski definition) is 6. The third kappa shape index (κ3) is 2.85. The summed E-state index contributed by atoms with van der Waals surface area (Å²) in [5, 5.41) is 0. The number of rotatable bonds is 5. The fraction of sp³-hybridized carbons (Fsp3) is 0.348. The van der Waals surface area contributed by atoms with Crippen LogP contribution in [-0.4, -0.2) is 30.0 Å². The molecule has 2 aliphatic rings. The molecule has 0 saturated heterocycles. The molecular formula is C23H25N3O5. The third-order valence-electron chi connectivity index (χ3n) is 5.73. The van der Waals surface area contributed by atoms with Crippen molar-refractivity contribution in [2.75, 3.05) is 18.1 Å². The summed E-state index contributed by atoms with van der Waals surface area (Å²) in [6.45, 7) is 5.92. The molecule has 8 heteroatoms. The van der Waals surface area contributed by atoms with Crippen molar-refractivity contribution >= 4 is 17.6 Å². The van der Waals surface area contributed by atoms with Crippen LogP contribution in [0.25, 0.3) is 0 Å². The number of nitrogens with one attached hydrogen (secondary N) is 1. The van der Waals surface area contributed by atoms with Crippen LogP contribution in [0.3, 0.4) is 0 Å². The van der Waals surface area contributed by atoms with Gasteiger partial charge in [0, 0.05) is 29.6 Å². The number of aryl methyl sites for hydroxylation is 1. The topological polar surface area (TPSA) is 115 Å². The summed E-state index contributed by atoms with van der Waals surface area (Å²) in [5.41, 5.74) is 5.56. The lowest BCUT2D eigenvalue weighted by Gasteiger charge is -2.35. The number of carbonyl (C=O) groups is 2. The summed E-state index contributed by atoms with van der Waals surface area (Å²) < 4.78 is 11.0. The van der Waals surface area contributed by atoms with Gasteiger partial charge in [0.1, 0.15) is 16.7 Å². The highest BCUT2D eigenvalue weighted by Gasteiger charge is 2.62. The van der Waals surface area contributed by atoms with Crippen molar-refractivity contribution in [1.82, 2.24) is 4.98 Å². The molecule has 0 aliphatic carbocycles. The van der Waals surface area contributed by atoms with Gasteiger partial charge in [0.2, 0.25) is 11.8 Å². The Labute approximate surface area is 179 Å². The number of fused-ring (bicyclic) bond motifs is 4. The lowest BCUT2D eigenvalue weighted by Crippen LogP contribution is -2.51. The minimum absolute atomic E-state index is 0.0480. The summed E-state index contributed by atoms with van der Waals surface area (Å²) in [4.78, 5) is 44.8. The van der Waals surface area contributed by atoms with Crippen molar-refractivity contribution in [3.63, 3.8) is 0 Å². The van der Waals surface area contributed by atoms with Gasteiger partial charge in [0.05, 0.1) is 12.2 Å². The zero-order valence-corrected chi connectivity index (χ0v) is 17.8. The summed E-state index contributed by atoms with van der Waals surface area (Å²) in [6.07, 6.45) is 1.64. The Morgan fingerprint density at radius 1 is 1.26 bits per heavy atom. The van der Waals surface area contributed by atoms with E-state index in [2.05, 4.69) is 4.98 Å². The van der Waals surface area contributed by atoms with Gasteiger partial charge < -0.3 is 25.1 Å². The number of pyridine rings is 1. The molecule has 1 unspecified atom stereocenters. The summed E-state index contributed by atoms with van der Waals surface area (Å²) >= 11 is 0. The standard InChI is InChI=1S/C23H25N3O5/c1-4-6-11-26-15-10-8-7-9-14(15)23(22(26)29)17-16(12-13(3)25-20(17)27)31-19(24)18(23)21(28)30-5-2/h7-10,12H,4-6,11,24H2,1-3H3,(H,25,27). The number of para-hydroxylation sites is 1. The molecule has 1 amide bonds. The zero-order chi connectivity index (χ0) is 22.3. The molecule has 3 N–H and O–H groups in total. The lowest BCUT2D eigenvalue weighted by molar-refractivity contribution is -0.140. The van der Waals surface area contributed by atoms with Gasteiger partial charge in [-0.15, -0.1) is 0 Å². The molecule has 0 saturated carbocycles. The van der Waals surface area contributed by atoms with E-state index in [4.69, 9.17) is 15.2 Å². The summed E-state index contributed by atoms with van der Waals surface area (Å²) in [7, 11) is 0. The van der Waals surface area contributed by atoms with E-state index < -0.39 is 22.9 Å². The summed E-state index contributed by atoms with van der Waals surface area (Å²) in [5.74, 6) is -1.28. The van der Waals surface area contributed by atoms with Crippen molar-refractivity contribution in [3.8, 4) is 5.75 Å². The number of esters is 1. The van der Waals surface area contributed by atoms with E-state index in [1.807, 2.05) is 19.1 Å². The van der Waals surface area contributed by atoms with Gasteiger partial charge in [-0.3, -0.25) is 9.59 Å².